The fourth-order valence-electron chi connectivity index (χ4n) is 3.66. The Labute approximate surface area is 146 Å². The molecule has 2 aliphatic heterocycles. The van der Waals surface area contributed by atoms with E-state index in [1.54, 1.807) is 0 Å². The van der Waals surface area contributed by atoms with E-state index >= 15 is 0 Å². The highest BCUT2D eigenvalue weighted by Gasteiger charge is 2.27. The molecule has 24 heavy (non-hydrogen) atoms. The number of cyclic esters (lactones) is 1. The van der Waals surface area contributed by atoms with Crippen molar-refractivity contribution in [1.82, 2.24) is 14.8 Å². The lowest BCUT2D eigenvalue weighted by Gasteiger charge is -2.34. The van der Waals surface area contributed by atoms with Gasteiger partial charge in [0.15, 0.2) is 0 Å². The van der Waals surface area contributed by atoms with Crippen LogP contribution < -0.4 is 0 Å². The fraction of sp³-hybridized carbons (Fsp3) is 0.556. The number of rotatable bonds is 5. The van der Waals surface area contributed by atoms with Crippen LogP contribution in [0.25, 0.3) is 10.2 Å². The first kappa shape index (κ1) is 15.8. The van der Waals surface area contributed by atoms with Crippen LogP contribution in [0.4, 0.5) is 4.79 Å². The topological polar surface area (TPSA) is 45.7 Å². The van der Waals surface area contributed by atoms with Crippen molar-refractivity contribution in [3.63, 3.8) is 0 Å². The van der Waals surface area contributed by atoms with E-state index in [4.69, 9.17) is 9.72 Å². The summed E-state index contributed by atoms with van der Waals surface area (Å²) in [5, 5.41) is 1.25. The van der Waals surface area contributed by atoms with E-state index in [1.807, 2.05) is 16.2 Å². The number of fused-ring (bicyclic) bond motifs is 1. The summed E-state index contributed by atoms with van der Waals surface area (Å²) < 4.78 is 6.27. The minimum absolute atomic E-state index is 0.156. The van der Waals surface area contributed by atoms with Crippen molar-refractivity contribution in [2.75, 3.05) is 32.8 Å². The number of amides is 1. The lowest BCUT2D eigenvalue weighted by Crippen LogP contribution is -2.36. The van der Waals surface area contributed by atoms with Crippen molar-refractivity contribution in [1.29, 1.82) is 0 Å². The molecule has 3 heterocycles. The predicted octanol–water partition coefficient (Wildman–Crippen LogP) is 3.67. The number of ether oxygens (including phenoxy) is 1. The normalized spacial score (nSPS) is 22.2. The highest BCUT2D eigenvalue weighted by molar-refractivity contribution is 7.18. The third kappa shape index (κ3) is 3.26. The van der Waals surface area contributed by atoms with E-state index in [1.165, 1.54) is 29.0 Å². The van der Waals surface area contributed by atoms with E-state index in [2.05, 4.69) is 29.2 Å². The Morgan fingerprint density at radius 3 is 2.96 bits per heavy atom. The molecule has 4 rings (SSSR count). The van der Waals surface area contributed by atoms with E-state index in [-0.39, 0.29) is 6.09 Å². The number of para-hydroxylation sites is 1. The van der Waals surface area contributed by atoms with Crippen LogP contribution in [0.1, 0.15) is 36.7 Å². The molecule has 0 spiro atoms. The van der Waals surface area contributed by atoms with Crippen LogP contribution in [0.2, 0.25) is 0 Å². The number of aromatic nitrogens is 1. The molecular weight excluding hydrogens is 322 g/mol. The molecule has 6 heteroatoms. The van der Waals surface area contributed by atoms with Gasteiger partial charge in [0.2, 0.25) is 0 Å². The Kier molecular flexibility index (Phi) is 4.67. The Hall–Kier alpha value is -1.66. The number of hydrogen-bond acceptors (Lipinski definition) is 5. The van der Waals surface area contributed by atoms with Gasteiger partial charge in [0.1, 0.15) is 11.6 Å². The quantitative estimate of drug-likeness (QED) is 0.829. The van der Waals surface area contributed by atoms with Gasteiger partial charge in [0.05, 0.1) is 22.8 Å². The van der Waals surface area contributed by atoms with Gasteiger partial charge in [-0.25, -0.2) is 9.78 Å². The predicted molar refractivity (Wildman–Crippen MR) is 95.3 cm³/mol. The van der Waals surface area contributed by atoms with Gasteiger partial charge in [-0.2, -0.15) is 0 Å². The molecule has 2 aliphatic rings. The van der Waals surface area contributed by atoms with Crippen LogP contribution in [0.5, 0.6) is 0 Å². The van der Waals surface area contributed by atoms with Crippen molar-refractivity contribution < 1.29 is 9.53 Å². The molecule has 1 aromatic carbocycles. The fourth-order valence-corrected chi connectivity index (χ4v) is 4.80. The molecule has 5 nitrogen and oxygen atoms in total. The number of likely N-dealkylation sites (tertiary alicyclic amines) is 1. The summed E-state index contributed by atoms with van der Waals surface area (Å²) in [6.45, 7) is 4.22. The van der Waals surface area contributed by atoms with Gasteiger partial charge in [-0.3, -0.25) is 4.90 Å². The zero-order valence-corrected chi connectivity index (χ0v) is 14.6. The molecule has 0 N–H and O–H groups in total. The highest BCUT2D eigenvalue weighted by atomic mass is 32.1. The summed E-state index contributed by atoms with van der Waals surface area (Å²) in [7, 11) is 0. The van der Waals surface area contributed by atoms with Gasteiger partial charge in [0, 0.05) is 13.1 Å². The zero-order valence-electron chi connectivity index (χ0n) is 13.8. The average Bonchev–Trinajstić information content (AvgIpc) is 3.21. The molecule has 0 saturated carbocycles. The molecule has 1 amide bonds. The first-order chi connectivity index (χ1) is 11.8. The van der Waals surface area contributed by atoms with E-state index < -0.39 is 0 Å². The third-order valence-corrected chi connectivity index (χ3v) is 6.07. The van der Waals surface area contributed by atoms with Crippen molar-refractivity contribution in [3.8, 4) is 0 Å². The molecule has 1 aromatic heterocycles. The molecule has 0 aliphatic carbocycles. The maximum atomic E-state index is 11.5. The number of carbonyl (C=O) groups is 1. The third-order valence-electron chi connectivity index (χ3n) is 4.93. The lowest BCUT2D eigenvalue weighted by atomic mass is 10.0. The summed E-state index contributed by atoms with van der Waals surface area (Å²) in [5.41, 5.74) is 1.11. The standard InChI is InChI=1S/C18H23N3O2S/c22-18-21(12-13-23-18)11-5-10-20-9-4-3-7-15(20)17-19-14-6-1-2-8-16(14)24-17/h1-2,6,8,15H,3-5,7,9-13H2/t15-/m1/s1. The van der Waals surface area contributed by atoms with Crippen molar-refractivity contribution in [2.45, 2.75) is 31.7 Å². The zero-order chi connectivity index (χ0) is 16.4. The van der Waals surface area contributed by atoms with Crippen LogP contribution in [0.15, 0.2) is 24.3 Å². The summed E-state index contributed by atoms with van der Waals surface area (Å²) in [6.07, 6.45) is 4.56. The molecule has 128 valence electrons. The van der Waals surface area contributed by atoms with Gasteiger partial charge in [-0.1, -0.05) is 18.6 Å². The Balaban J connectivity index is 1.41. The summed E-state index contributed by atoms with van der Waals surface area (Å²) in [6, 6.07) is 8.82. The van der Waals surface area contributed by atoms with Gasteiger partial charge < -0.3 is 9.64 Å². The Morgan fingerprint density at radius 2 is 2.12 bits per heavy atom. The van der Waals surface area contributed by atoms with E-state index in [0.717, 1.165) is 38.1 Å². The SMILES string of the molecule is O=C1OCCN1CCCN1CCCC[C@@H]1c1nc2ccccc2s1. The maximum Gasteiger partial charge on any atom is 0.409 e. The van der Waals surface area contributed by atoms with Gasteiger partial charge in [0.25, 0.3) is 0 Å². The number of benzene rings is 1. The summed E-state index contributed by atoms with van der Waals surface area (Å²) in [4.78, 5) is 20.8. The molecule has 2 saturated heterocycles. The number of nitrogens with zero attached hydrogens (tertiary/aromatic N) is 3. The molecule has 0 bridgehead atoms. The maximum absolute atomic E-state index is 11.5. The second-order valence-corrected chi connectivity index (χ2v) is 7.58. The first-order valence-electron chi connectivity index (χ1n) is 8.82. The molecule has 0 unspecified atom stereocenters. The Morgan fingerprint density at radius 1 is 1.21 bits per heavy atom. The summed E-state index contributed by atoms with van der Waals surface area (Å²) >= 11 is 1.83. The Bertz CT molecular complexity index is 684. The molecule has 1 atom stereocenters. The van der Waals surface area contributed by atoms with E-state index in [0.29, 0.717) is 12.6 Å². The van der Waals surface area contributed by atoms with Gasteiger partial charge in [-0.05, 0) is 37.9 Å². The van der Waals surface area contributed by atoms with Crippen LogP contribution in [0, 0.1) is 0 Å². The van der Waals surface area contributed by atoms with Crippen LogP contribution in [0.3, 0.4) is 0 Å². The number of piperidine rings is 1. The van der Waals surface area contributed by atoms with Crippen molar-refractivity contribution in [2.24, 2.45) is 0 Å². The number of thiazole rings is 1. The molecular formula is C18H23N3O2S. The number of hydrogen-bond donors (Lipinski definition) is 0. The van der Waals surface area contributed by atoms with Crippen LogP contribution >= 0.6 is 11.3 Å². The largest absolute Gasteiger partial charge is 0.448 e. The van der Waals surface area contributed by atoms with E-state index in [9.17, 15) is 4.79 Å². The van der Waals surface area contributed by atoms with Gasteiger partial charge in [-0.15, -0.1) is 11.3 Å². The van der Waals surface area contributed by atoms with Crippen molar-refractivity contribution in [3.05, 3.63) is 29.3 Å². The van der Waals surface area contributed by atoms with Crippen molar-refractivity contribution >= 4 is 27.6 Å². The lowest BCUT2D eigenvalue weighted by molar-refractivity contribution is 0.136. The highest BCUT2D eigenvalue weighted by Crippen LogP contribution is 2.35. The average molecular weight is 345 g/mol. The molecule has 2 fully saturated rings. The monoisotopic (exact) mass is 345 g/mol. The number of carbonyl (C=O) groups excluding carboxylic acids is 1. The van der Waals surface area contributed by atoms with Crippen LogP contribution in [-0.2, 0) is 4.74 Å². The smallest absolute Gasteiger partial charge is 0.409 e. The van der Waals surface area contributed by atoms with Gasteiger partial charge >= 0.3 is 6.09 Å². The molecule has 2 aromatic rings. The molecule has 0 radical (unpaired) electrons. The second kappa shape index (κ2) is 7.07. The summed E-state index contributed by atoms with van der Waals surface area (Å²) in [5.74, 6) is 0. The second-order valence-electron chi connectivity index (χ2n) is 6.52. The minimum atomic E-state index is -0.156. The first-order valence-corrected chi connectivity index (χ1v) is 9.64. The van der Waals surface area contributed by atoms with Crippen LogP contribution in [-0.4, -0.2) is 53.7 Å². The minimum Gasteiger partial charge on any atom is -0.448 e.